The van der Waals surface area contributed by atoms with E-state index in [9.17, 15) is 4.79 Å². The molecule has 0 spiro atoms. The standard InChI is InChI=1S/C21H16Cl3N5O2/c1-31-15-4-2-3-12(7-15)18-9-19(27-26-18)21(30)25-20-17(24)11-29(28-20)10-13-5-6-14(22)8-16(13)23/h2-9,11H,10H2,1H3,(H,26,27)(H,25,28,30). The lowest BCUT2D eigenvalue weighted by molar-refractivity contribution is 0.102. The van der Waals surface area contributed by atoms with Crippen molar-refractivity contribution in [3.8, 4) is 17.0 Å². The third kappa shape index (κ3) is 4.85. The van der Waals surface area contributed by atoms with Gasteiger partial charge in [0, 0.05) is 21.8 Å². The number of nitrogens with one attached hydrogen (secondary N) is 2. The minimum Gasteiger partial charge on any atom is -0.497 e. The maximum atomic E-state index is 12.6. The summed E-state index contributed by atoms with van der Waals surface area (Å²) >= 11 is 18.4. The predicted molar refractivity (Wildman–Crippen MR) is 121 cm³/mol. The quantitative estimate of drug-likeness (QED) is 0.382. The summed E-state index contributed by atoms with van der Waals surface area (Å²) in [6, 6.07) is 14.2. The molecule has 0 aliphatic heterocycles. The summed E-state index contributed by atoms with van der Waals surface area (Å²) in [6.45, 7) is 0.371. The number of nitrogens with zero attached hydrogens (tertiary/aromatic N) is 3. The van der Waals surface area contributed by atoms with Crippen LogP contribution in [0.1, 0.15) is 16.1 Å². The van der Waals surface area contributed by atoms with Crippen LogP contribution in [0.5, 0.6) is 5.75 Å². The number of H-pyrrole nitrogens is 1. The highest BCUT2D eigenvalue weighted by Gasteiger charge is 2.16. The molecule has 1 amide bonds. The van der Waals surface area contributed by atoms with Crippen molar-refractivity contribution < 1.29 is 9.53 Å². The number of aromatic amines is 1. The first-order chi connectivity index (χ1) is 14.9. The first-order valence-electron chi connectivity index (χ1n) is 9.11. The number of ether oxygens (including phenoxy) is 1. The highest BCUT2D eigenvalue weighted by molar-refractivity contribution is 6.35. The van der Waals surface area contributed by atoms with Gasteiger partial charge in [-0.1, -0.05) is 53.0 Å². The smallest absolute Gasteiger partial charge is 0.274 e. The molecular formula is C21H16Cl3N5O2. The Morgan fingerprint density at radius 1 is 1.13 bits per heavy atom. The number of anilines is 1. The molecule has 0 saturated carbocycles. The van der Waals surface area contributed by atoms with Crippen LogP contribution in [-0.2, 0) is 6.54 Å². The van der Waals surface area contributed by atoms with E-state index in [2.05, 4.69) is 20.6 Å². The zero-order valence-electron chi connectivity index (χ0n) is 16.2. The first kappa shape index (κ1) is 21.2. The molecule has 2 aromatic heterocycles. The third-order valence-corrected chi connectivity index (χ3v) is 5.35. The topological polar surface area (TPSA) is 84.8 Å². The molecule has 0 atom stereocenters. The Labute approximate surface area is 192 Å². The van der Waals surface area contributed by atoms with Crippen LogP contribution in [-0.4, -0.2) is 33.0 Å². The number of benzene rings is 2. The molecule has 2 heterocycles. The van der Waals surface area contributed by atoms with Crippen molar-refractivity contribution in [2.24, 2.45) is 0 Å². The van der Waals surface area contributed by atoms with Gasteiger partial charge in [0.1, 0.15) is 16.5 Å². The van der Waals surface area contributed by atoms with E-state index in [0.29, 0.717) is 33.1 Å². The fourth-order valence-corrected chi connectivity index (χ4v) is 3.60. The van der Waals surface area contributed by atoms with Crippen molar-refractivity contribution in [2.45, 2.75) is 6.54 Å². The molecule has 10 heteroatoms. The molecule has 0 unspecified atom stereocenters. The van der Waals surface area contributed by atoms with Crippen LogP contribution >= 0.6 is 34.8 Å². The van der Waals surface area contributed by atoms with Crippen LogP contribution in [0, 0.1) is 0 Å². The first-order valence-corrected chi connectivity index (χ1v) is 10.2. The number of hydrogen-bond donors (Lipinski definition) is 2. The molecule has 2 aromatic carbocycles. The molecule has 0 bridgehead atoms. The van der Waals surface area contributed by atoms with Crippen molar-refractivity contribution in [1.82, 2.24) is 20.0 Å². The van der Waals surface area contributed by atoms with E-state index in [1.807, 2.05) is 30.3 Å². The van der Waals surface area contributed by atoms with E-state index >= 15 is 0 Å². The summed E-state index contributed by atoms with van der Waals surface area (Å²) in [6.07, 6.45) is 1.61. The fraction of sp³-hybridized carbons (Fsp3) is 0.0952. The molecule has 7 nitrogen and oxygen atoms in total. The van der Waals surface area contributed by atoms with Crippen molar-refractivity contribution >= 4 is 46.5 Å². The maximum absolute atomic E-state index is 12.6. The number of aromatic nitrogens is 4. The monoisotopic (exact) mass is 475 g/mol. The summed E-state index contributed by atoms with van der Waals surface area (Å²) in [5.41, 5.74) is 2.51. The van der Waals surface area contributed by atoms with E-state index in [0.717, 1.165) is 11.1 Å². The Balaban J connectivity index is 1.48. The number of carbonyl (C=O) groups is 1. The summed E-state index contributed by atoms with van der Waals surface area (Å²) in [7, 11) is 1.59. The van der Waals surface area contributed by atoms with E-state index < -0.39 is 5.91 Å². The molecule has 4 aromatic rings. The van der Waals surface area contributed by atoms with Crippen LogP contribution in [0.25, 0.3) is 11.3 Å². The van der Waals surface area contributed by atoms with Crippen LogP contribution < -0.4 is 10.1 Å². The molecule has 0 aliphatic carbocycles. The van der Waals surface area contributed by atoms with Gasteiger partial charge in [-0.3, -0.25) is 14.6 Å². The molecule has 2 N–H and O–H groups in total. The second-order valence-electron chi connectivity index (χ2n) is 6.61. The van der Waals surface area contributed by atoms with Gasteiger partial charge in [0.2, 0.25) is 0 Å². The van der Waals surface area contributed by atoms with Crippen LogP contribution in [0.3, 0.4) is 0 Å². The number of carbonyl (C=O) groups excluding carboxylic acids is 1. The molecule has 31 heavy (non-hydrogen) atoms. The van der Waals surface area contributed by atoms with Gasteiger partial charge in [-0.15, -0.1) is 0 Å². The van der Waals surface area contributed by atoms with E-state index in [1.165, 1.54) is 0 Å². The number of amides is 1. The molecule has 158 valence electrons. The van der Waals surface area contributed by atoms with Gasteiger partial charge >= 0.3 is 0 Å². The van der Waals surface area contributed by atoms with Crippen molar-refractivity contribution in [3.63, 3.8) is 0 Å². The molecule has 0 aliphatic rings. The van der Waals surface area contributed by atoms with Crippen LogP contribution in [0.4, 0.5) is 5.82 Å². The number of rotatable bonds is 6. The zero-order valence-corrected chi connectivity index (χ0v) is 18.5. The lowest BCUT2D eigenvalue weighted by Gasteiger charge is -2.05. The minimum atomic E-state index is -0.418. The second kappa shape index (κ2) is 9.01. The average molecular weight is 477 g/mol. The number of hydrogen-bond acceptors (Lipinski definition) is 4. The largest absolute Gasteiger partial charge is 0.497 e. The van der Waals surface area contributed by atoms with Crippen LogP contribution in [0.15, 0.2) is 54.7 Å². The molecule has 0 fully saturated rings. The van der Waals surface area contributed by atoms with Gasteiger partial charge in [0.25, 0.3) is 5.91 Å². The van der Waals surface area contributed by atoms with Gasteiger partial charge in [0.15, 0.2) is 5.82 Å². The Morgan fingerprint density at radius 3 is 2.74 bits per heavy atom. The Hall–Kier alpha value is -3.00. The van der Waals surface area contributed by atoms with Crippen molar-refractivity contribution in [2.75, 3.05) is 12.4 Å². The lowest BCUT2D eigenvalue weighted by Crippen LogP contribution is -2.13. The van der Waals surface area contributed by atoms with E-state index in [4.69, 9.17) is 39.5 Å². The minimum absolute atomic E-state index is 0.231. The van der Waals surface area contributed by atoms with Gasteiger partial charge in [-0.2, -0.15) is 10.2 Å². The normalized spacial score (nSPS) is 10.8. The molecule has 0 saturated heterocycles. The number of halogens is 3. The summed E-state index contributed by atoms with van der Waals surface area (Å²) in [5.74, 6) is 0.511. The highest BCUT2D eigenvalue weighted by atomic mass is 35.5. The summed E-state index contributed by atoms with van der Waals surface area (Å²) in [4.78, 5) is 12.6. The zero-order chi connectivity index (χ0) is 22.0. The lowest BCUT2D eigenvalue weighted by atomic mass is 10.1. The van der Waals surface area contributed by atoms with Gasteiger partial charge in [0.05, 0.1) is 19.3 Å². The average Bonchev–Trinajstić information content (AvgIpc) is 3.37. The summed E-state index contributed by atoms with van der Waals surface area (Å²) in [5, 5.41) is 15.3. The number of methoxy groups -OCH3 is 1. The Morgan fingerprint density at radius 2 is 1.97 bits per heavy atom. The fourth-order valence-electron chi connectivity index (χ4n) is 2.93. The van der Waals surface area contributed by atoms with Gasteiger partial charge < -0.3 is 10.1 Å². The Bertz CT molecular complexity index is 1250. The predicted octanol–water partition coefficient (Wildman–Crippen LogP) is 5.54. The third-order valence-electron chi connectivity index (χ3n) is 4.48. The molecular weight excluding hydrogens is 461 g/mol. The second-order valence-corrected chi connectivity index (χ2v) is 7.86. The van der Waals surface area contributed by atoms with Crippen molar-refractivity contribution in [1.29, 1.82) is 0 Å². The van der Waals surface area contributed by atoms with Gasteiger partial charge in [-0.25, -0.2) is 0 Å². The molecule has 4 rings (SSSR count). The Kier molecular flexibility index (Phi) is 6.18. The van der Waals surface area contributed by atoms with Crippen molar-refractivity contribution in [3.05, 3.63) is 81.1 Å². The SMILES string of the molecule is COc1cccc(-c2cc(C(=O)Nc3nn(Cc4ccc(Cl)cc4Cl)cc3Cl)[nH]n2)c1. The molecule has 0 radical (unpaired) electrons. The summed E-state index contributed by atoms with van der Waals surface area (Å²) < 4.78 is 6.81. The van der Waals surface area contributed by atoms with Crippen LogP contribution in [0.2, 0.25) is 15.1 Å². The van der Waals surface area contributed by atoms with Gasteiger partial charge in [-0.05, 0) is 35.9 Å². The highest BCUT2D eigenvalue weighted by Crippen LogP contribution is 2.26. The maximum Gasteiger partial charge on any atom is 0.274 e. The van der Waals surface area contributed by atoms with E-state index in [-0.39, 0.29) is 11.5 Å². The van der Waals surface area contributed by atoms with E-state index in [1.54, 1.807) is 36.2 Å².